The number of carbonyl (C=O) groups excluding carboxylic acids is 2. The molecule has 2 amide bonds. The Morgan fingerprint density at radius 2 is 1.89 bits per heavy atom. The van der Waals surface area contributed by atoms with Crippen molar-refractivity contribution in [3.63, 3.8) is 0 Å². The van der Waals surface area contributed by atoms with Crippen LogP contribution in [0.2, 0.25) is 0 Å². The summed E-state index contributed by atoms with van der Waals surface area (Å²) in [6.07, 6.45) is 5.57. The molecule has 1 unspecified atom stereocenters. The van der Waals surface area contributed by atoms with E-state index in [1.54, 1.807) is 4.90 Å². The van der Waals surface area contributed by atoms with Gasteiger partial charge in [-0.05, 0) is 57.6 Å². The van der Waals surface area contributed by atoms with Gasteiger partial charge in [-0.25, -0.2) is 0 Å². The molecule has 0 spiro atoms. The summed E-state index contributed by atoms with van der Waals surface area (Å²) in [5.74, 6) is 0.515. The van der Waals surface area contributed by atoms with Gasteiger partial charge in [0, 0.05) is 25.5 Å². The van der Waals surface area contributed by atoms with Crippen molar-refractivity contribution in [3.05, 3.63) is 24.0 Å². The third kappa shape index (κ3) is 4.75. The average Bonchev–Trinajstić information content (AvgIpc) is 3.12. The first kappa shape index (κ1) is 20.9. The second-order valence-electron chi connectivity index (χ2n) is 7.82. The Labute approximate surface area is 167 Å². The second-order valence-corrected chi connectivity index (χ2v) is 7.82. The Balaban J connectivity index is 1.78. The van der Waals surface area contributed by atoms with Gasteiger partial charge in [-0.2, -0.15) is 0 Å². The highest BCUT2D eigenvalue weighted by molar-refractivity contribution is 5.90. The van der Waals surface area contributed by atoms with E-state index >= 15 is 0 Å². The van der Waals surface area contributed by atoms with E-state index in [4.69, 9.17) is 9.47 Å². The third-order valence-electron chi connectivity index (χ3n) is 5.74. The number of carbonyl (C=O) groups is 2. The smallest absolute Gasteiger partial charge is 0.249 e. The SMILES string of the molecule is CCOC(CN1C(=O)Cn2cccc2C1C(=O)NC1CCC(C)CC1)OCC. The van der Waals surface area contributed by atoms with Crippen molar-refractivity contribution >= 4 is 11.8 Å². The largest absolute Gasteiger partial charge is 0.351 e. The van der Waals surface area contributed by atoms with E-state index in [2.05, 4.69) is 12.2 Å². The predicted octanol–water partition coefficient (Wildman–Crippen LogP) is 2.47. The summed E-state index contributed by atoms with van der Waals surface area (Å²) in [5, 5.41) is 3.20. The van der Waals surface area contributed by atoms with Crippen molar-refractivity contribution in [3.8, 4) is 0 Å². The van der Waals surface area contributed by atoms with Gasteiger partial charge >= 0.3 is 0 Å². The van der Waals surface area contributed by atoms with Crippen LogP contribution in [-0.4, -0.2) is 53.4 Å². The van der Waals surface area contributed by atoms with Crippen LogP contribution in [0, 0.1) is 5.92 Å². The number of ether oxygens (including phenoxy) is 2. The zero-order chi connectivity index (χ0) is 20.1. The van der Waals surface area contributed by atoms with E-state index in [0.717, 1.165) is 37.3 Å². The van der Waals surface area contributed by atoms with Crippen molar-refractivity contribution in [1.29, 1.82) is 0 Å². The third-order valence-corrected chi connectivity index (χ3v) is 5.74. The van der Waals surface area contributed by atoms with Crippen LogP contribution in [0.5, 0.6) is 0 Å². The first-order valence-corrected chi connectivity index (χ1v) is 10.5. The van der Waals surface area contributed by atoms with Crippen LogP contribution in [0.3, 0.4) is 0 Å². The molecule has 7 heteroatoms. The molecule has 1 aromatic rings. The molecule has 2 heterocycles. The average molecular weight is 392 g/mol. The number of hydrogen-bond acceptors (Lipinski definition) is 4. The lowest BCUT2D eigenvalue weighted by atomic mass is 9.87. The number of rotatable bonds is 8. The summed E-state index contributed by atoms with van der Waals surface area (Å²) in [7, 11) is 0. The Bertz CT molecular complexity index is 660. The van der Waals surface area contributed by atoms with Crippen LogP contribution in [0.15, 0.2) is 18.3 Å². The molecule has 1 N–H and O–H groups in total. The monoisotopic (exact) mass is 391 g/mol. The molecule has 156 valence electrons. The molecular formula is C21H33N3O4. The number of hydrogen-bond donors (Lipinski definition) is 1. The maximum atomic E-state index is 13.3. The van der Waals surface area contributed by atoms with Gasteiger partial charge in [0.2, 0.25) is 11.8 Å². The summed E-state index contributed by atoms with van der Waals surface area (Å²) >= 11 is 0. The molecule has 0 bridgehead atoms. The van der Waals surface area contributed by atoms with Crippen LogP contribution in [-0.2, 0) is 25.6 Å². The molecule has 28 heavy (non-hydrogen) atoms. The summed E-state index contributed by atoms with van der Waals surface area (Å²) in [6.45, 7) is 7.49. The van der Waals surface area contributed by atoms with E-state index in [1.165, 1.54) is 0 Å². The molecule has 3 rings (SSSR count). The first-order chi connectivity index (χ1) is 13.5. The highest BCUT2D eigenvalue weighted by Gasteiger charge is 2.39. The standard InChI is InChI=1S/C21H33N3O4/c1-4-27-19(28-5-2)14-24-18(25)13-23-12-6-7-17(23)20(24)21(26)22-16-10-8-15(3)9-11-16/h6-7,12,15-16,19-20H,4-5,8-11,13-14H2,1-3H3,(H,22,26). The molecule has 7 nitrogen and oxygen atoms in total. The van der Waals surface area contributed by atoms with E-state index in [9.17, 15) is 9.59 Å². The van der Waals surface area contributed by atoms with Gasteiger partial charge in [0.05, 0.1) is 12.2 Å². The van der Waals surface area contributed by atoms with Crippen molar-refractivity contribution < 1.29 is 19.1 Å². The molecule has 0 aromatic carbocycles. The Morgan fingerprint density at radius 1 is 1.21 bits per heavy atom. The van der Waals surface area contributed by atoms with Gasteiger partial charge in [0.15, 0.2) is 12.3 Å². The lowest BCUT2D eigenvalue weighted by Crippen LogP contribution is -2.53. The van der Waals surface area contributed by atoms with Crippen molar-refractivity contribution in [2.45, 2.75) is 71.4 Å². The van der Waals surface area contributed by atoms with Crippen molar-refractivity contribution in [2.75, 3.05) is 19.8 Å². The van der Waals surface area contributed by atoms with Gasteiger partial charge in [-0.3, -0.25) is 9.59 Å². The molecule has 1 aliphatic heterocycles. The lowest BCUT2D eigenvalue weighted by molar-refractivity contribution is -0.168. The number of aromatic nitrogens is 1. The zero-order valence-corrected chi connectivity index (χ0v) is 17.2. The van der Waals surface area contributed by atoms with E-state index in [0.29, 0.717) is 13.2 Å². The molecule has 1 aromatic heterocycles. The summed E-state index contributed by atoms with van der Waals surface area (Å²) in [6, 6.07) is 3.33. The number of nitrogens with zero attached hydrogens (tertiary/aromatic N) is 2. The maximum absolute atomic E-state index is 13.3. The summed E-state index contributed by atoms with van der Waals surface area (Å²) < 4.78 is 13.1. The van der Waals surface area contributed by atoms with Crippen LogP contribution in [0.4, 0.5) is 0 Å². The summed E-state index contributed by atoms with van der Waals surface area (Å²) in [5.41, 5.74) is 0.841. The van der Waals surface area contributed by atoms with Gasteiger partial charge < -0.3 is 24.3 Å². The van der Waals surface area contributed by atoms with Crippen LogP contribution >= 0.6 is 0 Å². The molecule has 1 saturated carbocycles. The van der Waals surface area contributed by atoms with Gasteiger partial charge in [-0.1, -0.05) is 6.92 Å². The molecule has 0 saturated heterocycles. The van der Waals surface area contributed by atoms with E-state index in [1.807, 2.05) is 36.7 Å². The number of fused-ring (bicyclic) bond motifs is 1. The van der Waals surface area contributed by atoms with Crippen LogP contribution in [0.25, 0.3) is 0 Å². The van der Waals surface area contributed by atoms with Gasteiger partial charge in [0.25, 0.3) is 0 Å². The fourth-order valence-electron chi connectivity index (χ4n) is 4.21. The topological polar surface area (TPSA) is 72.8 Å². The minimum Gasteiger partial charge on any atom is -0.351 e. The minimum absolute atomic E-state index is 0.0921. The molecule has 0 radical (unpaired) electrons. The highest BCUT2D eigenvalue weighted by atomic mass is 16.7. The maximum Gasteiger partial charge on any atom is 0.249 e. The molecule has 1 fully saturated rings. The first-order valence-electron chi connectivity index (χ1n) is 10.5. The Kier molecular flexibility index (Phi) is 7.13. The Morgan fingerprint density at radius 3 is 2.54 bits per heavy atom. The van der Waals surface area contributed by atoms with Crippen LogP contribution in [0.1, 0.15) is 58.2 Å². The molecule has 1 aliphatic carbocycles. The van der Waals surface area contributed by atoms with Gasteiger partial charge in [0.1, 0.15) is 6.54 Å². The van der Waals surface area contributed by atoms with E-state index < -0.39 is 12.3 Å². The second kappa shape index (κ2) is 9.56. The normalized spacial score (nSPS) is 25.1. The van der Waals surface area contributed by atoms with E-state index in [-0.39, 0.29) is 30.9 Å². The quantitative estimate of drug-likeness (QED) is 0.691. The minimum atomic E-state index is -0.654. The van der Waals surface area contributed by atoms with Gasteiger partial charge in [-0.15, -0.1) is 0 Å². The number of nitrogens with one attached hydrogen (secondary N) is 1. The molecule has 2 aliphatic rings. The highest BCUT2D eigenvalue weighted by Crippen LogP contribution is 2.29. The fraction of sp³-hybridized carbons (Fsp3) is 0.714. The van der Waals surface area contributed by atoms with Crippen molar-refractivity contribution in [1.82, 2.24) is 14.8 Å². The summed E-state index contributed by atoms with van der Waals surface area (Å²) in [4.78, 5) is 27.7. The zero-order valence-electron chi connectivity index (χ0n) is 17.2. The molecular weight excluding hydrogens is 358 g/mol. The van der Waals surface area contributed by atoms with Crippen molar-refractivity contribution in [2.24, 2.45) is 5.92 Å². The fourth-order valence-corrected chi connectivity index (χ4v) is 4.21. The van der Waals surface area contributed by atoms with Crippen LogP contribution < -0.4 is 5.32 Å². The number of amides is 2. The predicted molar refractivity (Wildman–Crippen MR) is 105 cm³/mol. The molecule has 1 atom stereocenters. The Hall–Kier alpha value is -1.86. The lowest BCUT2D eigenvalue weighted by Gasteiger charge is -2.38.